The molecule has 0 fully saturated rings. The van der Waals surface area contributed by atoms with E-state index in [9.17, 15) is 0 Å². The Hall–Kier alpha value is -0.860. The molecule has 0 aliphatic carbocycles. The summed E-state index contributed by atoms with van der Waals surface area (Å²) in [6.45, 7) is 6.46. The van der Waals surface area contributed by atoms with Crippen molar-refractivity contribution in [2.45, 2.75) is 32.6 Å². The van der Waals surface area contributed by atoms with Crippen LogP contribution >= 0.6 is 0 Å². The monoisotopic (exact) mass is 139 g/mol. The molecule has 1 aromatic heterocycles. The molecular formula is C7H13N3. The van der Waals surface area contributed by atoms with Crippen LogP contribution in [0.25, 0.3) is 0 Å². The molecule has 3 nitrogen and oxygen atoms in total. The highest BCUT2D eigenvalue weighted by Crippen LogP contribution is 2.22. The summed E-state index contributed by atoms with van der Waals surface area (Å²) in [5.74, 6) is 0. The smallest absolute Gasteiger partial charge is 0.0880 e. The van der Waals surface area contributed by atoms with Gasteiger partial charge in [0.15, 0.2) is 0 Å². The zero-order valence-electron chi connectivity index (χ0n) is 6.68. The first kappa shape index (κ1) is 7.25. The van der Waals surface area contributed by atoms with Crippen molar-refractivity contribution in [1.29, 1.82) is 0 Å². The van der Waals surface area contributed by atoms with E-state index in [1.807, 2.05) is 0 Å². The van der Waals surface area contributed by atoms with Crippen molar-refractivity contribution in [3.8, 4) is 0 Å². The van der Waals surface area contributed by atoms with Gasteiger partial charge in [0, 0.05) is 5.41 Å². The molecule has 1 heterocycles. The lowest BCUT2D eigenvalue weighted by Gasteiger charge is -2.18. The summed E-state index contributed by atoms with van der Waals surface area (Å²) in [6, 6.07) is 0. The van der Waals surface area contributed by atoms with E-state index in [0.717, 1.165) is 12.1 Å². The molecule has 0 aliphatic rings. The molecule has 0 spiro atoms. The first-order valence-electron chi connectivity index (χ1n) is 3.53. The van der Waals surface area contributed by atoms with E-state index >= 15 is 0 Å². The van der Waals surface area contributed by atoms with Gasteiger partial charge in [-0.3, -0.25) is 0 Å². The van der Waals surface area contributed by atoms with E-state index < -0.39 is 0 Å². The molecule has 10 heavy (non-hydrogen) atoms. The summed E-state index contributed by atoms with van der Waals surface area (Å²) in [5.41, 5.74) is 1.20. The Balaban J connectivity index is 2.85. The summed E-state index contributed by atoms with van der Waals surface area (Å²) in [5, 5.41) is 10.4. The van der Waals surface area contributed by atoms with Crippen LogP contribution in [0.2, 0.25) is 0 Å². The van der Waals surface area contributed by atoms with Crippen LogP contribution in [0.4, 0.5) is 0 Å². The van der Waals surface area contributed by atoms with Crippen LogP contribution in [0.1, 0.15) is 32.9 Å². The zero-order valence-corrected chi connectivity index (χ0v) is 6.68. The summed E-state index contributed by atoms with van der Waals surface area (Å²) in [7, 11) is 0. The molecule has 0 saturated carbocycles. The molecule has 3 heteroatoms. The van der Waals surface area contributed by atoms with Gasteiger partial charge in [-0.25, -0.2) is 0 Å². The summed E-state index contributed by atoms with van der Waals surface area (Å²) in [4.78, 5) is 0. The van der Waals surface area contributed by atoms with Gasteiger partial charge < -0.3 is 0 Å². The zero-order chi connectivity index (χ0) is 7.61. The van der Waals surface area contributed by atoms with E-state index in [-0.39, 0.29) is 5.41 Å². The minimum atomic E-state index is 0.160. The van der Waals surface area contributed by atoms with E-state index in [1.165, 1.54) is 0 Å². The first-order valence-corrected chi connectivity index (χ1v) is 3.53. The number of nitrogens with zero attached hydrogens (tertiary/aromatic N) is 2. The minimum Gasteiger partial charge on any atom is -0.198 e. The molecular weight excluding hydrogens is 126 g/mol. The Labute approximate surface area is 60.8 Å². The van der Waals surface area contributed by atoms with Crippen LogP contribution < -0.4 is 0 Å². The van der Waals surface area contributed by atoms with Gasteiger partial charge in [0.25, 0.3) is 0 Å². The molecule has 0 aliphatic heterocycles. The Morgan fingerprint density at radius 2 is 2.30 bits per heavy atom. The predicted molar refractivity (Wildman–Crippen MR) is 39.7 cm³/mol. The van der Waals surface area contributed by atoms with Crippen LogP contribution in [0.5, 0.6) is 0 Å². The molecule has 0 radical (unpaired) electrons. The highest BCUT2D eigenvalue weighted by atomic mass is 15.3. The summed E-state index contributed by atoms with van der Waals surface area (Å²) >= 11 is 0. The molecule has 0 bridgehead atoms. The number of H-pyrrole nitrogens is 1. The highest BCUT2D eigenvalue weighted by molar-refractivity contribution is 5.06. The second kappa shape index (κ2) is 2.40. The van der Waals surface area contributed by atoms with Crippen molar-refractivity contribution in [1.82, 2.24) is 15.4 Å². The molecule has 1 aromatic rings. The molecule has 0 unspecified atom stereocenters. The van der Waals surface area contributed by atoms with Crippen LogP contribution in [-0.2, 0) is 5.41 Å². The summed E-state index contributed by atoms with van der Waals surface area (Å²) in [6.07, 6.45) is 2.86. The highest BCUT2D eigenvalue weighted by Gasteiger charge is 2.20. The summed E-state index contributed by atoms with van der Waals surface area (Å²) < 4.78 is 0. The third-order valence-corrected chi connectivity index (χ3v) is 1.99. The molecule has 0 amide bonds. The van der Waals surface area contributed by atoms with Crippen molar-refractivity contribution in [3.63, 3.8) is 0 Å². The lowest BCUT2D eigenvalue weighted by Crippen LogP contribution is -2.15. The van der Waals surface area contributed by atoms with Crippen molar-refractivity contribution < 1.29 is 0 Å². The second-order valence-electron chi connectivity index (χ2n) is 3.09. The van der Waals surface area contributed by atoms with Crippen LogP contribution in [0, 0.1) is 0 Å². The van der Waals surface area contributed by atoms with Gasteiger partial charge in [-0.1, -0.05) is 20.8 Å². The van der Waals surface area contributed by atoms with Crippen LogP contribution in [0.15, 0.2) is 6.20 Å². The minimum absolute atomic E-state index is 0.160. The Bertz CT molecular complexity index is 189. The molecule has 1 N–H and O–H groups in total. The fraction of sp³-hybridized carbons (Fsp3) is 0.714. The Morgan fingerprint density at radius 3 is 2.70 bits per heavy atom. The molecule has 56 valence electrons. The molecule has 0 saturated heterocycles. The maximum absolute atomic E-state index is 4.02. The van der Waals surface area contributed by atoms with Crippen molar-refractivity contribution >= 4 is 0 Å². The Kier molecular flexibility index (Phi) is 1.74. The third-order valence-electron chi connectivity index (χ3n) is 1.99. The van der Waals surface area contributed by atoms with Crippen molar-refractivity contribution in [2.24, 2.45) is 0 Å². The second-order valence-corrected chi connectivity index (χ2v) is 3.09. The topological polar surface area (TPSA) is 41.6 Å². The van der Waals surface area contributed by atoms with Gasteiger partial charge in [-0.15, -0.1) is 0 Å². The van der Waals surface area contributed by atoms with Gasteiger partial charge in [0.2, 0.25) is 0 Å². The van der Waals surface area contributed by atoms with Crippen LogP contribution in [-0.4, -0.2) is 15.4 Å². The maximum Gasteiger partial charge on any atom is 0.0880 e. The van der Waals surface area contributed by atoms with Gasteiger partial charge in [0.1, 0.15) is 0 Å². The molecule has 0 aromatic carbocycles. The molecule has 0 atom stereocenters. The number of rotatable bonds is 2. The van der Waals surface area contributed by atoms with Crippen LogP contribution in [0.3, 0.4) is 0 Å². The SMILES string of the molecule is CCC(C)(C)c1cn[nH]n1. The fourth-order valence-electron chi connectivity index (χ4n) is 0.709. The normalized spacial score (nSPS) is 11.9. The Morgan fingerprint density at radius 1 is 1.60 bits per heavy atom. The fourth-order valence-corrected chi connectivity index (χ4v) is 0.709. The van der Waals surface area contributed by atoms with Gasteiger partial charge in [-0.2, -0.15) is 15.4 Å². The van der Waals surface area contributed by atoms with Gasteiger partial charge in [0.05, 0.1) is 11.9 Å². The third kappa shape index (κ3) is 1.17. The number of aromatic amines is 1. The maximum atomic E-state index is 4.02. The first-order chi connectivity index (χ1) is 4.67. The molecule has 1 rings (SSSR count). The standard InChI is InChI=1S/C7H13N3/c1-4-7(2,3)6-5-8-10-9-6/h5H,4H2,1-3H3,(H,8,9,10). The number of nitrogens with one attached hydrogen (secondary N) is 1. The van der Waals surface area contributed by atoms with E-state index in [2.05, 4.69) is 36.2 Å². The lowest BCUT2D eigenvalue weighted by molar-refractivity contribution is 0.489. The van der Waals surface area contributed by atoms with Crippen molar-refractivity contribution in [2.75, 3.05) is 0 Å². The largest absolute Gasteiger partial charge is 0.198 e. The number of hydrogen-bond acceptors (Lipinski definition) is 2. The predicted octanol–water partition coefficient (Wildman–Crippen LogP) is 1.49. The van der Waals surface area contributed by atoms with E-state index in [1.54, 1.807) is 6.20 Å². The van der Waals surface area contributed by atoms with Gasteiger partial charge >= 0.3 is 0 Å². The van der Waals surface area contributed by atoms with E-state index in [0.29, 0.717) is 0 Å². The number of hydrogen-bond donors (Lipinski definition) is 1. The van der Waals surface area contributed by atoms with E-state index in [4.69, 9.17) is 0 Å². The number of aromatic nitrogens is 3. The lowest BCUT2D eigenvalue weighted by atomic mass is 9.87. The van der Waals surface area contributed by atoms with Crippen molar-refractivity contribution in [3.05, 3.63) is 11.9 Å². The average Bonchev–Trinajstić information content (AvgIpc) is 2.38. The average molecular weight is 139 g/mol. The quantitative estimate of drug-likeness (QED) is 0.674. The van der Waals surface area contributed by atoms with Gasteiger partial charge in [-0.05, 0) is 6.42 Å².